The van der Waals surface area contributed by atoms with Gasteiger partial charge in [-0.05, 0) is 12.1 Å². The summed E-state index contributed by atoms with van der Waals surface area (Å²) in [6.07, 6.45) is 0. The fourth-order valence-corrected chi connectivity index (χ4v) is 5.46. The molecule has 3 heterocycles. The largest absolute Gasteiger partial charge is 0.314 e. The van der Waals surface area contributed by atoms with Gasteiger partial charge in [0.05, 0.1) is 4.34 Å². The third-order valence-electron chi connectivity index (χ3n) is 3.69. The van der Waals surface area contributed by atoms with E-state index in [1.165, 1.54) is 0 Å². The topological polar surface area (TPSA) is 52.7 Å². The van der Waals surface area contributed by atoms with Crippen LogP contribution in [-0.4, -0.2) is 62.9 Å². The Morgan fingerprint density at radius 3 is 2.37 bits per heavy atom. The van der Waals surface area contributed by atoms with Gasteiger partial charge in [-0.2, -0.15) is 4.31 Å². The maximum atomic E-state index is 12.4. The van der Waals surface area contributed by atoms with Crippen molar-refractivity contribution in [2.24, 2.45) is 0 Å². The minimum atomic E-state index is -3.35. The Kier molecular flexibility index (Phi) is 3.85. The molecule has 1 aromatic rings. The molecule has 3 rings (SSSR count). The van der Waals surface area contributed by atoms with Gasteiger partial charge in [-0.1, -0.05) is 11.6 Å². The summed E-state index contributed by atoms with van der Waals surface area (Å²) in [6.45, 7) is 4.79. The minimum Gasteiger partial charge on any atom is -0.314 e. The molecule has 0 amide bonds. The second-order valence-corrected chi connectivity index (χ2v) is 8.69. The van der Waals surface area contributed by atoms with Gasteiger partial charge in [0.25, 0.3) is 10.0 Å². The maximum absolute atomic E-state index is 12.4. The number of sulfonamides is 1. The van der Waals surface area contributed by atoms with E-state index in [-0.39, 0.29) is 0 Å². The average Bonchev–Trinajstić information content (AvgIpc) is 2.75. The van der Waals surface area contributed by atoms with Crippen molar-refractivity contribution in [3.63, 3.8) is 0 Å². The highest BCUT2D eigenvalue weighted by Crippen LogP contribution is 2.28. The molecular weight excluding hydrogens is 306 g/mol. The number of nitrogens with one attached hydrogen (secondary N) is 1. The van der Waals surface area contributed by atoms with Crippen LogP contribution >= 0.6 is 22.9 Å². The van der Waals surface area contributed by atoms with Crippen LogP contribution in [0.2, 0.25) is 4.34 Å². The summed E-state index contributed by atoms with van der Waals surface area (Å²) >= 11 is 6.94. The van der Waals surface area contributed by atoms with Gasteiger partial charge in [-0.25, -0.2) is 8.42 Å². The van der Waals surface area contributed by atoms with Crippen LogP contribution in [0.25, 0.3) is 0 Å². The van der Waals surface area contributed by atoms with Gasteiger partial charge in [0, 0.05) is 45.3 Å². The summed E-state index contributed by atoms with van der Waals surface area (Å²) in [5.41, 5.74) is 0. The monoisotopic (exact) mass is 321 g/mol. The van der Waals surface area contributed by atoms with Gasteiger partial charge in [-0.15, -0.1) is 11.3 Å². The molecule has 0 atom stereocenters. The smallest absolute Gasteiger partial charge is 0.252 e. The number of thiophene rings is 1. The third kappa shape index (κ3) is 2.68. The fraction of sp³-hybridized carbons (Fsp3) is 0.636. The molecule has 0 aromatic carbocycles. The highest BCUT2D eigenvalue weighted by Gasteiger charge is 2.33. The van der Waals surface area contributed by atoms with Gasteiger partial charge in [0.15, 0.2) is 0 Å². The van der Waals surface area contributed by atoms with Crippen LogP contribution < -0.4 is 5.32 Å². The van der Waals surface area contributed by atoms with Crippen molar-refractivity contribution in [3.8, 4) is 0 Å². The first-order valence-electron chi connectivity index (χ1n) is 6.27. The summed E-state index contributed by atoms with van der Waals surface area (Å²) in [5.74, 6) is 0. The molecule has 2 fully saturated rings. The Balaban J connectivity index is 1.67. The molecule has 1 N–H and O–H groups in total. The molecular formula is C11H16ClN3O2S2. The zero-order chi connectivity index (χ0) is 13.5. The van der Waals surface area contributed by atoms with Gasteiger partial charge in [0.2, 0.25) is 0 Å². The Morgan fingerprint density at radius 1 is 1.21 bits per heavy atom. The van der Waals surface area contributed by atoms with E-state index in [4.69, 9.17) is 11.6 Å². The predicted octanol–water partition coefficient (Wildman–Crippen LogP) is 0.680. The van der Waals surface area contributed by atoms with Crippen LogP contribution in [0.15, 0.2) is 16.3 Å². The Labute approximate surface area is 122 Å². The minimum absolute atomic E-state index is 0.344. The quantitative estimate of drug-likeness (QED) is 0.889. The van der Waals surface area contributed by atoms with Crippen molar-refractivity contribution in [1.82, 2.24) is 14.5 Å². The van der Waals surface area contributed by atoms with E-state index in [1.807, 2.05) is 0 Å². The molecule has 0 spiro atoms. The zero-order valence-corrected chi connectivity index (χ0v) is 12.8. The van der Waals surface area contributed by atoms with Crippen molar-refractivity contribution < 1.29 is 8.42 Å². The van der Waals surface area contributed by atoms with Crippen molar-refractivity contribution in [1.29, 1.82) is 0 Å². The maximum Gasteiger partial charge on any atom is 0.252 e. The van der Waals surface area contributed by atoms with E-state index in [0.29, 0.717) is 27.7 Å². The lowest BCUT2D eigenvalue weighted by Crippen LogP contribution is -2.61. The third-order valence-corrected chi connectivity index (χ3v) is 7.29. The van der Waals surface area contributed by atoms with Gasteiger partial charge in [0.1, 0.15) is 4.21 Å². The molecule has 5 nitrogen and oxygen atoms in total. The molecule has 8 heteroatoms. The van der Waals surface area contributed by atoms with Gasteiger partial charge >= 0.3 is 0 Å². The van der Waals surface area contributed by atoms with E-state index in [0.717, 1.165) is 37.5 Å². The highest BCUT2D eigenvalue weighted by molar-refractivity contribution is 7.91. The van der Waals surface area contributed by atoms with Crippen molar-refractivity contribution in [3.05, 3.63) is 16.5 Å². The van der Waals surface area contributed by atoms with Crippen LogP contribution in [0.3, 0.4) is 0 Å². The lowest BCUT2D eigenvalue weighted by Gasteiger charge is -2.42. The first kappa shape index (κ1) is 13.8. The molecule has 0 bridgehead atoms. The number of piperazine rings is 1. The highest BCUT2D eigenvalue weighted by atomic mass is 35.5. The van der Waals surface area contributed by atoms with E-state index in [1.54, 1.807) is 16.4 Å². The Morgan fingerprint density at radius 2 is 1.89 bits per heavy atom. The summed E-state index contributed by atoms with van der Waals surface area (Å²) in [5, 5.41) is 3.24. The molecule has 1 aromatic heterocycles. The second kappa shape index (κ2) is 5.31. The summed E-state index contributed by atoms with van der Waals surface area (Å²) in [7, 11) is -3.35. The van der Waals surface area contributed by atoms with Crippen molar-refractivity contribution in [2.75, 3.05) is 39.3 Å². The first-order chi connectivity index (χ1) is 9.07. The first-order valence-corrected chi connectivity index (χ1v) is 8.91. The van der Waals surface area contributed by atoms with Crippen molar-refractivity contribution in [2.45, 2.75) is 10.3 Å². The Bertz CT molecular complexity index is 548. The molecule has 106 valence electrons. The number of hydrogen-bond donors (Lipinski definition) is 1. The second-order valence-electron chi connectivity index (χ2n) is 4.81. The van der Waals surface area contributed by atoms with E-state index in [9.17, 15) is 8.42 Å². The molecule has 0 saturated carbocycles. The fourth-order valence-electron chi connectivity index (χ4n) is 2.40. The predicted molar refractivity (Wildman–Crippen MR) is 76.3 cm³/mol. The molecule has 0 unspecified atom stereocenters. The molecule has 19 heavy (non-hydrogen) atoms. The standard InChI is InChI=1S/C11H16ClN3O2S2/c12-10-1-2-11(18-10)19(16,17)15-5-3-14(4-6-15)9-7-13-8-9/h1-2,9,13H,3-8H2. The number of rotatable bonds is 3. The normalized spacial score (nSPS) is 23.4. The summed E-state index contributed by atoms with van der Waals surface area (Å²) in [4.78, 5) is 2.37. The Hall–Kier alpha value is -0.180. The number of halogens is 1. The van der Waals surface area contributed by atoms with Crippen LogP contribution in [0.4, 0.5) is 0 Å². The van der Waals surface area contributed by atoms with Crippen LogP contribution in [0.5, 0.6) is 0 Å². The summed E-state index contributed by atoms with van der Waals surface area (Å²) < 4.78 is 27.2. The zero-order valence-electron chi connectivity index (χ0n) is 10.4. The van der Waals surface area contributed by atoms with Crippen molar-refractivity contribution >= 4 is 33.0 Å². The number of nitrogens with zero attached hydrogens (tertiary/aromatic N) is 2. The molecule has 2 saturated heterocycles. The average molecular weight is 322 g/mol. The summed E-state index contributed by atoms with van der Waals surface area (Å²) in [6, 6.07) is 3.81. The van der Waals surface area contributed by atoms with Crippen LogP contribution in [0, 0.1) is 0 Å². The van der Waals surface area contributed by atoms with E-state index in [2.05, 4.69) is 10.2 Å². The lowest BCUT2D eigenvalue weighted by molar-refractivity contribution is 0.103. The van der Waals surface area contributed by atoms with Gasteiger partial charge < -0.3 is 5.32 Å². The van der Waals surface area contributed by atoms with Crippen LogP contribution in [-0.2, 0) is 10.0 Å². The molecule has 0 aliphatic carbocycles. The number of hydrogen-bond acceptors (Lipinski definition) is 5. The van der Waals surface area contributed by atoms with E-state index >= 15 is 0 Å². The molecule has 2 aliphatic rings. The van der Waals surface area contributed by atoms with E-state index < -0.39 is 10.0 Å². The lowest BCUT2D eigenvalue weighted by atomic mass is 10.1. The molecule has 2 aliphatic heterocycles. The SMILES string of the molecule is O=S(=O)(c1ccc(Cl)s1)N1CCN(C2CNC2)CC1. The molecule has 0 radical (unpaired) electrons. The van der Waals surface area contributed by atoms with Crippen LogP contribution in [0.1, 0.15) is 0 Å². The van der Waals surface area contributed by atoms with Gasteiger partial charge in [-0.3, -0.25) is 4.90 Å².